The van der Waals surface area contributed by atoms with Crippen molar-refractivity contribution in [3.05, 3.63) is 24.3 Å². The van der Waals surface area contributed by atoms with Crippen LogP contribution in [0.2, 0.25) is 0 Å². The first-order chi connectivity index (χ1) is 8.67. The summed E-state index contributed by atoms with van der Waals surface area (Å²) >= 11 is 0. The van der Waals surface area contributed by atoms with E-state index in [4.69, 9.17) is 15.3 Å². The Labute approximate surface area is 106 Å². The second-order valence-corrected chi connectivity index (χ2v) is 4.00. The molecule has 0 aliphatic rings. The third-order valence-corrected chi connectivity index (χ3v) is 1.96. The number of benzene rings is 1. The van der Waals surface area contributed by atoms with Crippen LogP contribution >= 0.6 is 0 Å². The van der Waals surface area contributed by atoms with Crippen LogP contribution in [0.15, 0.2) is 29.4 Å². The molecule has 0 radical (unpaired) electrons. The van der Waals surface area contributed by atoms with Crippen LogP contribution in [-0.4, -0.2) is 12.3 Å². The van der Waals surface area contributed by atoms with E-state index in [9.17, 15) is 0 Å². The van der Waals surface area contributed by atoms with Crippen LogP contribution < -0.4 is 10.2 Å². The number of hydrazone groups is 1. The maximum Gasteiger partial charge on any atom is 0.237 e. The molecule has 1 N–H and O–H groups in total. The predicted octanol–water partition coefficient (Wildman–Crippen LogP) is 2.54. The van der Waals surface area contributed by atoms with Gasteiger partial charge in [0.15, 0.2) is 0 Å². The molecule has 0 aliphatic heterocycles. The van der Waals surface area contributed by atoms with Crippen LogP contribution in [0.3, 0.4) is 0 Å². The van der Waals surface area contributed by atoms with Gasteiger partial charge in [0.25, 0.3) is 0 Å². The third-order valence-electron chi connectivity index (χ3n) is 1.96. The van der Waals surface area contributed by atoms with Crippen molar-refractivity contribution in [2.75, 3.05) is 12.0 Å². The van der Waals surface area contributed by atoms with Gasteiger partial charge < -0.3 is 4.74 Å². The normalized spacial score (nSPS) is 9.17. The Kier molecular flexibility index (Phi) is 5.21. The molecule has 0 atom stereocenters. The number of rotatable bonds is 5. The number of anilines is 1. The van der Waals surface area contributed by atoms with E-state index in [0.29, 0.717) is 24.0 Å². The molecule has 5 nitrogen and oxygen atoms in total. The molecular weight excluding hydrogens is 228 g/mol. The molecule has 0 saturated carbocycles. The summed E-state index contributed by atoms with van der Waals surface area (Å²) in [4.78, 5) is 0. The molecule has 1 aromatic carbocycles. The highest BCUT2D eigenvalue weighted by molar-refractivity contribution is 6.10. The second kappa shape index (κ2) is 6.93. The molecule has 0 aliphatic carbocycles. The molecule has 18 heavy (non-hydrogen) atoms. The minimum Gasteiger partial charge on any atom is -0.491 e. The Bertz CT molecular complexity index is 492. The monoisotopic (exact) mass is 242 g/mol. The van der Waals surface area contributed by atoms with Gasteiger partial charge in [0.05, 0.1) is 12.3 Å². The van der Waals surface area contributed by atoms with Crippen molar-refractivity contribution in [2.45, 2.75) is 13.8 Å². The smallest absolute Gasteiger partial charge is 0.237 e. The molecule has 0 fully saturated rings. The maximum absolute atomic E-state index is 8.57. The van der Waals surface area contributed by atoms with E-state index < -0.39 is 0 Å². The number of hydrogen-bond acceptors (Lipinski definition) is 5. The Balaban J connectivity index is 2.80. The second-order valence-electron chi connectivity index (χ2n) is 4.00. The molecule has 1 aromatic rings. The lowest BCUT2D eigenvalue weighted by Gasteiger charge is -2.12. The van der Waals surface area contributed by atoms with Crippen molar-refractivity contribution in [1.29, 1.82) is 10.5 Å². The van der Waals surface area contributed by atoms with E-state index in [0.717, 1.165) is 0 Å². The fourth-order valence-electron chi connectivity index (χ4n) is 1.13. The molecule has 5 heteroatoms. The summed E-state index contributed by atoms with van der Waals surface area (Å²) < 4.78 is 5.60. The van der Waals surface area contributed by atoms with Crippen molar-refractivity contribution in [3.8, 4) is 17.9 Å². The highest BCUT2D eigenvalue weighted by atomic mass is 16.5. The van der Waals surface area contributed by atoms with Crippen LogP contribution in [0.4, 0.5) is 5.69 Å². The fourth-order valence-corrected chi connectivity index (χ4v) is 1.13. The molecular formula is C13H14N4O. The van der Waals surface area contributed by atoms with Gasteiger partial charge in [-0.3, -0.25) is 5.43 Å². The van der Waals surface area contributed by atoms with Gasteiger partial charge in [-0.1, -0.05) is 26.0 Å². The summed E-state index contributed by atoms with van der Waals surface area (Å²) in [6, 6.07) is 10.6. The van der Waals surface area contributed by atoms with Gasteiger partial charge in [-0.05, 0) is 18.1 Å². The van der Waals surface area contributed by atoms with Crippen molar-refractivity contribution in [3.63, 3.8) is 0 Å². The van der Waals surface area contributed by atoms with Gasteiger partial charge in [-0.25, -0.2) is 0 Å². The Hall–Kier alpha value is -2.53. The molecule has 92 valence electrons. The summed E-state index contributed by atoms with van der Waals surface area (Å²) in [6.45, 7) is 4.70. The van der Waals surface area contributed by atoms with Gasteiger partial charge >= 0.3 is 0 Å². The standard InChI is InChI=1S/C13H14N4O/c1-10(2)9-18-13-6-4-3-5-12(13)17-16-11(7-14)8-15/h3-6,10,17H,9H2,1-2H3. The Morgan fingerprint density at radius 3 is 2.61 bits per heavy atom. The summed E-state index contributed by atoms with van der Waals surface area (Å²) in [7, 11) is 0. The zero-order valence-electron chi connectivity index (χ0n) is 10.3. The number of nitriles is 2. The quantitative estimate of drug-likeness (QED) is 0.635. The van der Waals surface area contributed by atoms with Gasteiger partial charge in [-0.15, -0.1) is 0 Å². The van der Waals surface area contributed by atoms with Gasteiger partial charge in [0.2, 0.25) is 5.71 Å². The first kappa shape index (κ1) is 13.5. The average Bonchev–Trinajstić information content (AvgIpc) is 2.38. The molecule has 0 unspecified atom stereocenters. The molecule has 0 spiro atoms. The molecule has 0 amide bonds. The van der Waals surface area contributed by atoms with Gasteiger partial charge in [-0.2, -0.15) is 15.6 Å². The van der Waals surface area contributed by atoms with Crippen LogP contribution in [-0.2, 0) is 0 Å². The summed E-state index contributed by atoms with van der Waals surface area (Å²) in [5.41, 5.74) is 3.05. The first-order valence-corrected chi connectivity index (χ1v) is 5.53. The number of nitrogens with zero attached hydrogens (tertiary/aromatic N) is 3. The van der Waals surface area contributed by atoms with Crippen molar-refractivity contribution < 1.29 is 4.74 Å². The zero-order chi connectivity index (χ0) is 13.4. The lowest BCUT2D eigenvalue weighted by Crippen LogP contribution is -2.06. The van der Waals surface area contributed by atoms with Gasteiger partial charge in [0.1, 0.15) is 17.9 Å². The number of para-hydroxylation sites is 2. The summed E-state index contributed by atoms with van der Waals surface area (Å²) in [5.74, 6) is 1.06. The summed E-state index contributed by atoms with van der Waals surface area (Å²) in [5, 5.41) is 20.8. The largest absolute Gasteiger partial charge is 0.491 e. The Morgan fingerprint density at radius 2 is 2.00 bits per heavy atom. The molecule has 0 aromatic heterocycles. The topological polar surface area (TPSA) is 81.2 Å². The molecule has 0 heterocycles. The number of hydrogen-bond donors (Lipinski definition) is 1. The average molecular weight is 242 g/mol. The maximum atomic E-state index is 8.57. The van der Waals surface area contributed by atoms with Crippen molar-refractivity contribution in [1.82, 2.24) is 0 Å². The van der Waals surface area contributed by atoms with E-state index in [1.807, 2.05) is 12.1 Å². The lowest BCUT2D eigenvalue weighted by atomic mass is 10.2. The minimum atomic E-state index is -0.228. The summed E-state index contributed by atoms with van der Waals surface area (Å²) in [6.07, 6.45) is 0. The van der Waals surface area contributed by atoms with Crippen LogP contribution in [0.25, 0.3) is 0 Å². The fraction of sp³-hybridized carbons (Fsp3) is 0.308. The Morgan fingerprint density at radius 1 is 1.33 bits per heavy atom. The molecule has 1 rings (SSSR count). The van der Waals surface area contributed by atoms with E-state index in [2.05, 4.69) is 24.4 Å². The number of nitrogens with one attached hydrogen (secondary N) is 1. The van der Waals surface area contributed by atoms with E-state index in [1.54, 1.807) is 24.3 Å². The first-order valence-electron chi connectivity index (χ1n) is 5.53. The van der Waals surface area contributed by atoms with Crippen molar-refractivity contribution >= 4 is 11.4 Å². The predicted molar refractivity (Wildman–Crippen MR) is 69.1 cm³/mol. The van der Waals surface area contributed by atoms with E-state index >= 15 is 0 Å². The minimum absolute atomic E-state index is 0.228. The lowest BCUT2D eigenvalue weighted by molar-refractivity contribution is 0.272. The number of ether oxygens (including phenoxy) is 1. The van der Waals surface area contributed by atoms with Crippen LogP contribution in [0, 0.1) is 28.6 Å². The third kappa shape index (κ3) is 4.15. The van der Waals surface area contributed by atoms with Crippen molar-refractivity contribution in [2.24, 2.45) is 11.0 Å². The molecule has 0 bridgehead atoms. The van der Waals surface area contributed by atoms with E-state index in [-0.39, 0.29) is 5.71 Å². The molecule has 0 saturated heterocycles. The van der Waals surface area contributed by atoms with Crippen LogP contribution in [0.5, 0.6) is 5.75 Å². The van der Waals surface area contributed by atoms with E-state index in [1.165, 1.54) is 0 Å². The zero-order valence-corrected chi connectivity index (χ0v) is 10.3. The van der Waals surface area contributed by atoms with Crippen LogP contribution in [0.1, 0.15) is 13.8 Å². The highest BCUT2D eigenvalue weighted by Gasteiger charge is 2.03. The van der Waals surface area contributed by atoms with Gasteiger partial charge in [0, 0.05) is 0 Å². The SMILES string of the molecule is CC(C)COc1ccccc1NN=C(C#N)C#N. The highest BCUT2D eigenvalue weighted by Crippen LogP contribution is 2.24.